The summed E-state index contributed by atoms with van der Waals surface area (Å²) < 4.78 is 11.5. The van der Waals surface area contributed by atoms with Gasteiger partial charge in [-0.25, -0.2) is 4.79 Å². The first-order valence-electron chi connectivity index (χ1n) is 13.2. The van der Waals surface area contributed by atoms with Gasteiger partial charge in [-0.1, -0.05) is 96.8 Å². The van der Waals surface area contributed by atoms with Gasteiger partial charge in [-0.3, -0.25) is 0 Å². The van der Waals surface area contributed by atoms with Crippen LogP contribution in [0.4, 0.5) is 0 Å². The Kier molecular flexibility index (Phi) is 12.7. The minimum Gasteiger partial charge on any atom is -0.507 e. The maximum Gasteiger partial charge on any atom is 0.339 e. The smallest absolute Gasteiger partial charge is 0.339 e. The number of phenols is 1. The van der Waals surface area contributed by atoms with Gasteiger partial charge in [0.15, 0.2) is 0 Å². The molecule has 0 aliphatic rings. The van der Waals surface area contributed by atoms with Crippen LogP contribution in [0.5, 0.6) is 11.5 Å². The zero-order valence-electron chi connectivity index (χ0n) is 21.9. The number of carbonyl (C=O) groups is 1. The van der Waals surface area contributed by atoms with Crippen molar-refractivity contribution in [2.45, 2.75) is 90.4 Å². The molecule has 0 aliphatic carbocycles. The van der Waals surface area contributed by atoms with Crippen molar-refractivity contribution in [1.29, 1.82) is 0 Å². The molecule has 0 amide bonds. The van der Waals surface area contributed by atoms with Crippen LogP contribution in [0.3, 0.4) is 0 Å². The van der Waals surface area contributed by atoms with Gasteiger partial charge < -0.3 is 19.7 Å². The average Bonchev–Trinajstić information content (AvgIpc) is 2.84. The van der Waals surface area contributed by atoms with Crippen LogP contribution in [-0.4, -0.2) is 36.0 Å². The van der Waals surface area contributed by atoms with Crippen molar-refractivity contribution in [3.63, 3.8) is 0 Å². The molecule has 0 unspecified atom stereocenters. The number of hydrogen-bond donors (Lipinski definition) is 2. The van der Waals surface area contributed by atoms with Gasteiger partial charge in [0.25, 0.3) is 0 Å². The van der Waals surface area contributed by atoms with Gasteiger partial charge in [-0.15, -0.1) is 0 Å². The molecular weight excluding hydrogens is 440 g/mol. The summed E-state index contributed by atoms with van der Waals surface area (Å²) in [5, 5.41) is 19.1. The second-order valence-electron chi connectivity index (χ2n) is 9.83. The van der Waals surface area contributed by atoms with Crippen LogP contribution in [0, 0.1) is 0 Å². The van der Waals surface area contributed by atoms with Gasteiger partial charge in [-0.2, -0.15) is 0 Å². The molecule has 5 nitrogen and oxygen atoms in total. The first-order valence-corrected chi connectivity index (χ1v) is 13.2. The van der Waals surface area contributed by atoms with E-state index in [-0.39, 0.29) is 11.3 Å². The summed E-state index contributed by atoms with van der Waals surface area (Å²) in [7, 11) is 0. The molecule has 35 heavy (non-hydrogen) atoms. The summed E-state index contributed by atoms with van der Waals surface area (Å²) in [4.78, 5) is 11.4. The SMILES string of the molecule is CCCCCCCCCCCCOCCOc1ccc(C(C)(C)c2ccc(O)c(C(=O)O)c2)cc1. The van der Waals surface area contributed by atoms with E-state index in [1.54, 1.807) is 6.07 Å². The molecule has 194 valence electrons. The lowest BCUT2D eigenvalue weighted by Crippen LogP contribution is -2.19. The molecule has 2 aromatic rings. The van der Waals surface area contributed by atoms with Gasteiger partial charge in [0.2, 0.25) is 0 Å². The van der Waals surface area contributed by atoms with Crippen LogP contribution in [0.25, 0.3) is 0 Å². The number of unbranched alkanes of at least 4 members (excludes halogenated alkanes) is 9. The predicted molar refractivity (Wildman–Crippen MR) is 142 cm³/mol. The maximum atomic E-state index is 11.4. The Hall–Kier alpha value is -2.53. The Morgan fingerprint density at radius 1 is 0.771 bits per heavy atom. The molecule has 0 spiro atoms. The Balaban J connectivity index is 1.64. The van der Waals surface area contributed by atoms with E-state index in [2.05, 4.69) is 6.92 Å². The Morgan fingerprint density at radius 3 is 1.94 bits per heavy atom. The lowest BCUT2D eigenvalue weighted by molar-refractivity contribution is 0.0693. The summed E-state index contributed by atoms with van der Waals surface area (Å²) >= 11 is 0. The normalized spacial score (nSPS) is 11.5. The fourth-order valence-electron chi connectivity index (χ4n) is 4.24. The lowest BCUT2D eigenvalue weighted by atomic mass is 9.77. The highest BCUT2D eigenvalue weighted by molar-refractivity contribution is 5.91. The molecule has 2 aromatic carbocycles. The number of hydrogen-bond acceptors (Lipinski definition) is 4. The molecule has 0 bridgehead atoms. The molecule has 5 heteroatoms. The van der Waals surface area contributed by atoms with E-state index in [1.165, 1.54) is 69.9 Å². The predicted octanol–water partition coefficient (Wildman–Crippen LogP) is 7.73. The zero-order chi connectivity index (χ0) is 25.5. The third-order valence-electron chi connectivity index (χ3n) is 6.66. The Labute approximate surface area is 211 Å². The molecule has 0 saturated heterocycles. The summed E-state index contributed by atoms with van der Waals surface area (Å²) in [6, 6.07) is 12.6. The largest absolute Gasteiger partial charge is 0.507 e. The lowest BCUT2D eigenvalue weighted by Gasteiger charge is -2.27. The second kappa shape index (κ2) is 15.5. The van der Waals surface area contributed by atoms with Crippen LogP contribution in [0.1, 0.15) is 106 Å². The molecule has 0 fully saturated rings. The first kappa shape index (κ1) is 28.7. The molecule has 0 heterocycles. The zero-order valence-corrected chi connectivity index (χ0v) is 21.9. The van der Waals surface area contributed by atoms with Gasteiger partial charge in [0.05, 0.1) is 6.61 Å². The van der Waals surface area contributed by atoms with E-state index < -0.39 is 11.4 Å². The van der Waals surface area contributed by atoms with Gasteiger partial charge in [0.1, 0.15) is 23.7 Å². The highest BCUT2D eigenvalue weighted by Gasteiger charge is 2.25. The van der Waals surface area contributed by atoms with Gasteiger partial charge in [0, 0.05) is 12.0 Å². The standard InChI is InChI=1S/C30H44O5/c1-4-5-6-7-8-9-10-11-12-13-20-34-21-22-35-26-17-14-24(15-18-26)30(2,3)25-16-19-28(31)27(23-25)29(32)33/h14-19,23,31H,4-13,20-22H2,1-3H3,(H,32,33). The number of ether oxygens (including phenoxy) is 2. The molecule has 0 aromatic heterocycles. The summed E-state index contributed by atoms with van der Waals surface area (Å²) in [5.74, 6) is -0.584. The molecule has 0 aliphatic heterocycles. The third-order valence-corrected chi connectivity index (χ3v) is 6.66. The van der Waals surface area contributed by atoms with Crippen LogP contribution >= 0.6 is 0 Å². The quantitative estimate of drug-likeness (QED) is 0.212. The van der Waals surface area contributed by atoms with E-state index in [9.17, 15) is 15.0 Å². The fraction of sp³-hybridized carbons (Fsp3) is 0.567. The van der Waals surface area contributed by atoms with Crippen molar-refractivity contribution in [1.82, 2.24) is 0 Å². The van der Waals surface area contributed by atoms with Gasteiger partial charge >= 0.3 is 5.97 Å². The second-order valence-corrected chi connectivity index (χ2v) is 9.83. The van der Waals surface area contributed by atoms with Crippen molar-refractivity contribution < 1.29 is 24.5 Å². The van der Waals surface area contributed by atoms with Crippen LogP contribution in [-0.2, 0) is 10.2 Å². The van der Waals surface area contributed by atoms with E-state index in [4.69, 9.17) is 9.47 Å². The average molecular weight is 485 g/mol. The number of rotatable bonds is 18. The molecule has 0 radical (unpaired) electrons. The number of aromatic carboxylic acids is 1. The minimum absolute atomic E-state index is 0.0895. The van der Waals surface area contributed by atoms with Gasteiger partial charge in [-0.05, 0) is 41.8 Å². The third kappa shape index (κ3) is 9.93. The van der Waals surface area contributed by atoms with E-state index in [1.807, 2.05) is 38.1 Å². The molecule has 2 rings (SSSR count). The van der Waals surface area contributed by atoms with E-state index in [0.717, 1.165) is 29.9 Å². The van der Waals surface area contributed by atoms with Crippen molar-refractivity contribution >= 4 is 5.97 Å². The van der Waals surface area contributed by atoms with E-state index >= 15 is 0 Å². The Morgan fingerprint density at radius 2 is 1.34 bits per heavy atom. The highest BCUT2D eigenvalue weighted by Crippen LogP contribution is 2.34. The highest BCUT2D eigenvalue weighted by atomic mass is 16.5. The molecular formula is C30H44O5. The first-order chi connectivity index (χ1) is 16.9. The maximum absolute atomic E-state index is 11.4. The van der Waals surface area contributed by atoms with Crippen molar-refractivity contribution in [3.8, 4) is 11.5 Å². The Bertz CT molecular complexity index is 873. The minimum atomic E-state index is -1.14. The molecule has 0 atom stereocenters. The van der Waals surface area contributed by atoms with E-state index in [0.29, 0.717) is 13.2 Å². The molecule has 2 N–H and O–H groups in total. The number of carboxylic acids is 1. The fourth-order valence-corrected chi connectivity index (χ4v) is 4.24. The van der Waals surface area contributed by atoms with Crippen LogP contribution < -0.4 is 4.74 Å². The number of benzene rings is 2. The summed E-state index contributed by atoms with van der Waals surface area (Å²) in [6.45, 7) is 8.20. The number of aromatic hydroxyl groups is 1. The van der Waals surface area contributed by atoms with Crippen molar-refractivity contribution in [2.24, 2.45) is 0 Å². The van der Waals surface area contributed by atoms with Crippen LogP contribution in [0.2, 0.25) is 0 Å². The monoisotopic (exact) mass is 484 g/mol. The number of carboxylic acid groups (broad SMARTS) is 1. The summed E-state index contributed by atoms with van der Waals surface area (Å²) in [5.41, 5.74) is 1.34. The summed E-state index contributed by atoms with van der Waals surface area (Å²) in [6.07, 6.45) is 13.2. The molecule has 0 saturated carbocycles. The van der Waals surface area contributed by atoms with Crippen LogP contribution in [0.15, 0.2) is 42.5 Å². The van der Waals surface area contributed by atoms with Crippen molar-refractivity contribution in [3.05, 3.63) is 59.2 Å². The topological polar surface area (TPSA) is 76.0 Å². The van der Waals surface area contributed by atoms with Crippen molar-refractivity contribution in [2.75, 3.05) is 19.8 Å².